The molecule has 1 amide bonds. The van der Waals surface area contributed by atoms with Crippen LogP contribution in [0.1, 0.15) is 42.5 Å². The number of hydrogen-bond acceptors (Lipinski definition) is 5. The molecule has 3 fully saturated rings. The molecule has 2 aliphatic heterocycles. The molecular formula is C23H22F2N4OS. The number of nitrogens with zero attached hydrogens (tertiary/aromatic N) is 2. The third-order valence-corrected chi connectivity index (χ3v) is 7.12. The van der Waals surface area contributed by atoms with Gasteiger partial charge in [0.05, 0.1) is 11.5 Å². The van der Waals surface area contributed by atoms with E-state index in [0.29, 0.717) is 10.9 Å². The monoisotopic (exact) mass is 440 g/mol. The Morgan fingerprint density at radius 1 is 0.839 bits per heavy atom. The number of amides is 1. The lowest BCUT2D eigenvalue weighted by molar-refractivity contribution is -0.116. The molecule has 1 aliphatic carbocycles. The van der Waals surface area contributed by atoms with Crippen molar-refractivity contribution >= 4 is 28.5 Å². The topological polar surface area (TPSA) is 65.8 Å². The van der Waals surface area contributed by atoms with Gasteiger partial charge in [-0.1, -0.05) is 42.4 Å². The zero-order valence-corrected chi connectivity index (χ0v) is 17.5. The molecule has 2 saturated heterocycles. The van der Waals surface area contributed by atoms with Crippen molar-refractivity contribution in [3.8, 4) is 0 Å². The minimum absolute atomic E-state index is 0.0584. The lowest BCUT2D eigenvalue weighted by Crippen LogP contribution is -2.50. The number of carbonyl (C=O) groups is 1. The number of rotatable bonds is 3. The summed E-state index contributed by atoms with van der Waals surface area (Å²) in [5, 5.41) is 16.0. The summed E-state index contributed by atoms with van der Waals surface area (Å²) in [4.78, 5) is 11.5. The molecule has 8 heteroatoms. The Labute approximate surface area is 183 Å². The maximum Gasteiger partial charge on any atom is 0.236 e. The fourth-order valence-corrected chi connectivity index (χ4v) is 5.48. The summed E-state index contributed by atoms with van der Waals surface area (Å²) >= 11 is 1.35. The number of hydrogen-bond donors (Lipinski definition) is 2. The van der Waals surface area contributed by atoms with Gasteiger partial charge in [0, 0.05) is 23.9 Å². The molecule has 31 heavy (non-hydrogen) atoms. The number of thioether (sulfide) groups is 1. The molecule has 3 aliphatic rings. The fourth-order valence-electron chi connectivity index (χ4n) is 4.86. The van der Waals surface area contributed by atoms with E-state index in [4.69, 9.17) is 0 Å². The quantitative estimate of drug-likeness (QED) is 0.698. The molecule has 4 atom stereocenters. The minimum atomic E-state index is -0.273. The van der Waals surface area contributed by atoms with Gasteiger partial charge in [-0.05, 0) is 48.2 Å². The van der Waals surface area contributed by atoms with Gasteiger partial charge in [-0.25, -0.2) is 8.78 Å². The van der Waals surface area contributed by atoms with Crippen molar-refractivity contribution in [1.82, 2.24) is 10.6 Å². The molecule has 4 unspecified atom stereocenters. The number of halogens is 2. The molecular weight excluding hydrogens is 418 g/mol. The highest BCUT2D eigenvalue weighted by Gasteiger charge is 2.45. The van der Waals surface area contributed by atoms with Crippen molar-refractivity contribution in [3.05, 3.63) is 71.3 Å². The fraction of sp³-hybridized carbons (Fsp3) is 0.348. The van der Waals surface area contributed by atoms with Crippen LogP contribution in [0.2, 0.25) is 0 Å². The second-order valence-electron chi connectivity index (χ2n) is 8.14. The second kappa shape index (κ2) is 8.51. The number of carbonyl (C=O) groups excluding carboxylic acids is 1. The van der Waals surface area contributed by atoms with Gasteiger partial charge in [0.2, 0.25) is 5.91 Å². The molecule has 2 heterocycles. The zero-order valence-electron chi connectivity index (χ0n) is 16.7. The van der Waals surface area contributed by atoms with Crippen molar-refractivity contribution in [1.29, 1.82) is 0 Å². The van der Waals surface area contributed by atoms with E-state index in [1.54, 1.807) is 24.3 Å². The molecule has 2 aromatic rings. The van der Waals surface area contributed by atoms with Crippen LogP contribution in [0, 0.1) is 23.5 Å². The summed E-state index contributed by atoms with van der Waals surface area (Å²) in [5.41, 5.74) is 2.97. The molecule has 2 bridgehead atoms. The normalized spacial score (nSPS) is 29.2. The van der Waals surface area contributed by atoms with E-state index >= 15 is 0 Å². The number of piperidine rings is 1. The van der Waals surface area contributed by atoms with Gasteiger partial charge in [0.15, 0.2) is 5.17 Å². The lowest BCUT2D eigenvalue weighted by Gasteiger charge is -2.47. The zero-order chi connectivity index (χ0) is 21.4. The third kappa shape index (κ3) is 4.14. The Bertz CT molecular complexity index is 977. The van der Waals surface area contributed by atoms with Crippen LogP contribution in [-0.2, 0) is 4.79 Å². The van der Waals surface area contributed by atoms with Gasteiger partial charge in [0.25, 0.3) is 0 Å². The first-order valence-corrected chi connectivity index (χ1v) is 11.4. The van der Waals surface area contributed by atoms with E-state index in [2.05, 4.69) is 20.8 Å². The van der Waals surface area contributed by atoms with Crippen molar-refractivity contribution in [2.24, 2.45) is 22.0 Å². The molecule has 2 N–H and O–H groups in total. The van der Waals surface area contributed by atoms with E-state index in [1.807, 2.05) is 0 Å². The maximum atomic E-state index is 13.6. The van der Waals surface area contributed by atoms with E-state index in [9.17, 15) is 13.6 Å². The second-order valence-corrected chi connectivity index (χ2v) is 9.10. The standard InChI is InChI=1S/C23H22F2N4OS/c24-15-8-4-13(5-9-15)20-17-2-1-3-18(21(27-20)14-6-10-16(25)11-7-14)22(17)28-29-23-26-19(30)12-31-23/h4-11,17-18,20-21,27H,1-3,12H2,(H,26,29,30). The van der Waals surface area contributed by atoms with Crippen molar-refractivity contribution in [2.75, 3.05) is 5.75 Å². The van der Waals surface area contributed by atoms with Crippen LogP contribution >= 0.6 is 11.8 Å². The number of amidine groups is 1. The molecule has 0 spiro atoms. The summed E-state index contributed by atoms with van der Waals surface area (Å²) in [6.07, 6.45) is 2.95. The number of benzene rings is 2. The Kier molecular flexibility index (Phi) is 5.58. The van der Waals surface area contributed by atoms with Crippen LogP contribution < -0.4 is 10.6 Å². The lowest BCUT2D eigenvalue weighted by atomic mass is 9.67. The Balaban J connectivity index is 1.56. The summed E-state index contributed by atoms with van der Waals surface area (Å²) in [5.74, 6) is -0.0208. The Morgan fingerprint density at radius 3 is 1.87 bits per heavy atom. The summed E-state index contributed by atoms with van der Waals surface area (Å²) in [6.45, 7) is 0. The minimum Gasteiger partial charge on any atom is -0.303 e. The van der Waals surface area contributed by atoms with E-state index < -0.39 is 0 Å². The predicted molar refractivity (Wildman–Crippen MR) is 118 cm³/mol. The van der Waals surface area contributed by atoms with Crippen LogP contribution in [-0.4, -0.2) is 22.5 Å². The van der Waals surface area contributed by atoms with Crippen LogP contribution in [0.25, 0.3) is 0 Å². The highest BCUT2D eigenvalue weighted by atomic mass is 32.2. The Hall–Kier alpha value is -2.58. The SMILES string of the molecule is O=C1CS/C(=N\N=C2C3CCCC2C(c2ccc(F)cc2)NC3c2ccc(F)cc2)N1. The van der Waals surface area contributed by atoms with Crippen LogP contribution in [0.5, 0.6) is 0 Å². The van der Waals surface area contributed by atoms with Gasteiger partial charge < -0.3 is 10.6 Å². The molecule has 5 rings (SSSR count). The summed E-state index contributed by atoms with van der Waals surface area (Å²) in [7, 11) is 0. The number of fused-ring (bicyclic) bond motifs is 2. The third-order valence-electron chi connectivity index (χ3n) is 6.25. The van der Waals surface area contributed by atoms with Gasteiger partial charge >= 0.3 is 0 Å². The molecule has 0 aromatic heterocycles. The maximum absolute atomic E-state index is 13.6. The molecule has 1 saturated carbocycles. The first-order chi connectivity index (χ1) is 15.1. The van der Waals surface area contributed by atoms with Gasteiger partial charge in [0.1, 0.15) is 11.6 Å². The molecule has 2 aromatic carbocycles. The van der Waals surface area contributed by atoms with Crippen molar-refractivity contribution < 1.29 is 13.6 Å². The van der Waals surface area contributed by atoms with Crippen molar-refractivity contribution in [3.63, 3.8) is 0 Å². The van der Waals surface area contributed by atoms with E-state index in [0.717, 1.165) is 36.1 Å². The Morgan fingerprint density at radius 2 is 1.39 bits per heavy atom. The van der Waals surface area contributed by atoms with Gasteiger partial charge in [-0.2, -0.15) is 5.10 Å². The largest absolute Gasteiger partial charge is 0.303 e. The first-order valence-electron chi connectivity index (χ1n) is 10.4. The highest BCUT2D eigenvalue weighted by molar-refractivity contribution is 8.15. The smallest absolute Gasteiger partial charge is 0.236 e. The first kappa shape index (κ1) is 20.3. The molecule has 160 valence electrons. The van der Waals surface area contributed by atoms with Crippen molar-refractivity contribution in [2.45, 2.75) is 31.3 Å². The van der Waals surface area contributed by atoms with Gasteiger partial charge in [-0.15, -0.1) is 5.10 Å². The molecule has 5 nitrogen and oxygen atoms in total. The number of nitrogens with one attached hydrogen (secondary N) is 2. The van der Waals surface area contributed by atoms with Gasteiger partial charge in [-0.3, -0.25) is 4.79 Å². The summed E-state index contributed by atoms with van der Waals surface area (Å²) < 4.78 is 27.1. The van der Waals surface area contributed by atoms with E-state index in [1.165, 1.54) is 36.0 Å². The summed E-state index contributed by atoms with van der Waals surface area (Å²) in [6, 6.07) is 13.0. The van der Waals surface area contributed by atoms with Crippen LogP contribution in [0.3, 0.4) is 0 Å². The van der Waals surface area contributed by atoms with Crippen LogP contribution in [0.15, 0.2) is 58.7 Å². The van der Waals surface area contributed by atoms with Crippen LogP contribution in [0.4, 0.5) is 8.78 Å². The molecule has 0 radical (unpaired) electrons. The average Bonchev–Trinajstić information content (AvgIpc) is 3.19. The van der Waals surface area contributed by atoms with E-state index in [-0.39, 0.29) is 41.5 Å². The predicted octanol–water partition coefficient (Wildman–Crippen LogP) is 4.34. The highest BCUT2D eigenvalue weighted by Crippen LogP contribution is 2.46. The average molecular weight is 441 g/mol.